The Balaban J connectivity index is 2.03. The molecule has 2 unspecified atom stereocenters. The van der Waals surface area contributed by atoms with Gasteiger partial charge in [-0.2, -0.15) is 0 Å². The second-order valence-corrected chi connectivity index (χ2v) is 5.80. The predicted octanol–water partition coefficient (Wildman–Crippen LogP) is 2.54. The van der Waals surface area contributed by atoms with Crippen LogP contribution >= 0.6 is 0 Å². The van der Waals surface area contributed by atoms with Crippen LogP contribution < -0.4 is 0 Å². The molecule has 0 spiro atoms. The summed E-state index contributed by atoms with van der Waals surface area (Å²) in [5.41, 5.74) is 3.92. The Bertz CT molecular complexity index is 450. The standard InChI is InChI=1S/C16H23NO2/c1-11-5-12(2)7-14(6-11)9-17-8-13(3)15(10-17)16(18)19-4/h5-7,13,15H,8-10H2,1-4H3. The summed E-state index contributed by atoms with van der Waals surface area (Å²) in [7, 11) is 1.47. The Morgan fingerprint density at radius 3 is 2.47 bits per heavy atom. The third-order valence-electron chi connectivity index (χ3n) is 3.88. The molecule has 2 rings (SSSR count). The third kappa shape index (κ3) is 3.35. The van der Waals surface area contributed by atoms with Gasteiger partial charge in [0.15, 0.2) is 0 Å². The van der Waals surface area contributed by atoms with E-state index in [1.54, 1.807) is 0 Å². The lowest BCUT2D eigenvalue weighted by molar-refractivity contribution is -0.146. The van der Waals surface area contributed by atoms with Gasteiger partial charge in [0.25, 0.3) is 0 Å². The molecule has 1 heterocycles. The zero-order valence-electron chi connectivity index (χ0n) is 12.3. The van der Waals surface area contributed by atoms with E-state index in [4.69, 9.17) is 4.74 Å². The highest BCUT2D eigenvalue weighted by molar-refractivity contribution is 5.73. The van der Waals surface area contributed by atoms with Crippen molar-refractivity contribution in [3.63, 3.8) is 0 Å². The van der Waals surface area contributed by atoms with Crippen molar-refractivity contribution in [2.24, 2.45) is 11.8 Å². The third-order valence-corrected chi connectivity index (χ3v) is 3.88. The summed E-state index contributed by atoms with van der Waals surface area (Å²) in [6.07, 6.45) is 0. The van der Waals surface area contributed by atoms with Gasteiger partial charge in [0.1, 0.15) is 0 Å². The molecule has 0 N–H and O–H groups in total. The van der Waals surface area contributed by atoms with Gasteiger partial charge in [0.05, 0.1) is 13.0 Å². The second-order valence-electron chi connectivity index (χ2n) is 5.80. The van der Waals surface area contributed by atoms with Crippen LogP contribution in [0.15, 0.2) is 18.2 Å². The molecular formula is C16H23NO2. The zero-order valence-corrected chi connectivity index (χ0v) is 12.3. The summed E-state index contributed by atoms with van der Waals surface area (Å²) in [5, 5.41) is 0. The molecule has 19 heavy (non-hydrogen) atoms. The number of likely N-dealkylation sites (tertiary alicyclic amines) is 1. The van der Waals surface area contributed by atoms with Crippen molar-refractivity contribution in [3.8, 4) is 0 Å². The van der Waals surface area contributed by atoms with Crippen molar-refractivity contribution in [1.29, 1.82) is 0 Å². The summed E-state index contributed by atoms with van der Waals surface area (Å²) < 4.78 is 4.88. The minimum Gasteiger partial charge on any atom is -0.469 e. The summed E-state index contributed by atoms with van der Waals surface area (Å²) in [5.74, 6) is 0.324. The second kappa shape index (κ2) is 5.74. The van der Waals surface area contributed by atoms with E-state index in [1.807, 2.05) is 0 Å². The van der Waals surface area contributed by atoms with Crippen LogP contribution in [0, 0.1) is 25.7 Å². The van der Waals surface area contributed by atoms with Gasteiger partial charge in [0, 0.05) is 19.6 Å². The number of methoxy groups -OCH3 is 1. The summed E-state index contributed by atoms with van der Waals surface area (Å²) in [6.45, 7) is 9.07. The van der Waals surface area contributed by atoms with Crippen molar-refractivity contribution in [1.82, 2.24) is 4.90 Å². The van der Waals surface area contributed by atoms with Crippen molar-refractivity contribution in [2.75, 3.05) is 20.2 Å². The van der Waals surface area contributed by atoms with E-state index in [-0.39, 0.29) is 11.9 Å². The number of benzene rings is 1. The van der Waals surface area contributed by atoms with Crippen LogP contribution in [0.2, 0.25) is 0 Å². The summed E-state index contributed by atoms with van der Waals surface area (Å²) in [4.78, 5) is 14.0. The molecule has 1 aliphatic heterocycles. The molecule has 104 valence electrons. The smallest absolute Gasteiger partial charge is 0.310 e. The highest BCUT2D eigenvalue weighted by atomic mass is 16.5. The van der Waals surface area contributed by atoms with Gasteiger partial charge in [-0.25, -0.2) is 0 Å². The molecule has 0 radical (unpaired) electrons. The molecule has 3 heteroatoms. The first-order valence-electron chi connectivity index (χ1n) is 6.87. The van der Waals surface area contributed by atoms with E-state index < -0.39 is 0 Å². The number of hydrogen-bond donors (Lipinski definition) is 0. The van der Waals surface area contributed by atoms with Crippen molar-refractivity contribution in [3.05, 3.63) is 34.9 Å². The minimum absolute atomic E-state index is 0.0240. The van der Waals surface area contributed by atoms with Crippen LogP contribution in [-0.2, 0) is 16.1 Å². The van der Waals surface area contributed by atoms with Gasteiger partial charge < -0.3 is 4.74 Å². The number of ether oxygens (including phenoxy) is 1. The molecule has 1 aromatic carbocycles. The number of carbonyl (C=O) groups excluding carboxylic acids is 1. The Kier molecular flexibility index (Phi) is 4.25. The Hall–Kier alpha value is -1.35. The Labute approximate surface area is 115 Å². The molecular weight excluding hydrogens is 238 g/mol. The van der Waals surface area contributed by atoms with Crippen molar-refractivity contribution < 1.29 is 9.53 Å². The van der Waals surface area contributed by atoms with Crippen LogP contribution in [0.25, 0.3) is 0 Å². The number of rotatable bonds is 3. The highest BCUT2D eigenvalue weighted by Gasteiger charge is 2.35. The van der Waals surface area contributed by atoms with Crippen LogP contribution in [-0.4, -0.2) is 31.1 Å². The normalized spacial score (nSPS) is 23.6. The average Bonchev–Trinajstić information content (AvgIpc) is 2.68. The van der Waals surface area contributed by atoms with E-state index in [0.717, 1.165) is 19.6 Å². The number of hydrogen-bond acceptors (Lipinski definition) is 3. The first-order valence-corrected chi connectivity index (χ1v) is 6.87. The molecule has 0 bridgehead atoms. The van der Waals surface area contributed by atoms with Crippen LogP contribution in [0.1, 0.15) is 23.6 Å². The zero-order chi connectivity index (χ0) is 14.0. The van der Waals surface area contributed by atoms with Crippen molar-refractivity contribution >= 4 is 5.97 Å². The first kappa shape index (κ1) is 14.1. The quantitative estimate of drug-likeness (QED) is 0.783. The maximum Gasteiger partial charge on any atom is 0.310 e. The fourth-order valence-corrected chi connectivity index (χ4v) is 3.07. The molecule has 2 atom stereocenters. The van der Waals surface area contributed by atoms with Gasteiger partial charge in [-0.15, -0.1) is 0 Å². The first-order chi connectivity index (χ1) is 8.99. The van der Waals surface area contributed by atoms with Crippen molar-refractivity contribution in [2.45, 2.75) is 27.3 Å². The molecule has 0 aliphatic carbocycles. The van der Waals surface area contributed by atoms with Gasteiger partial charge in [-0.1, -0.05) is 36.2 Å². The fraction of sp³-hybridized carbons (Fsp3) is 0.562. The van der Waals surface area contributed by atoms with E-state index in [9.17, 15) is 4.79 Å². The van der Waals surface area contributed by atoms with Gasteiger partial charge in [0.2, 0.25) is 0 Å². The topological polar surface area (TPSA) is 29.5 Å². The number of esters is 1. The molecule has 1 saturated heterocycles. The Morgan fingerprint density at radius 1 is 1.26 bits per heavy atom. The average molecular weight is 261 g/mol. The molecule has 1 aromatic rings. The van der Waals surface area contributed by atoms with E-state index in [1.165, 1.54) is 23.8 Å². The lowest BCUT2D eigenvalue weighted by atomic mass is 9.99. The molecule has 3 nitrogen and oxygen atoms in total. The van der Waals surface area contributed by atoms with Crippen LogP contribution in [0.3, 0.4) is 0 Å². The molecule has 0 amide bonds. The summed E-state index contributed by atoms with van der Waals surface area (Å²) >= 11 is 0. The van der Waals surface area contributed by atoms with E-state index >= 15 is 0 Å². The highest BCUT2D eigenvalue weighted by Crippen LogP contribution is 2.25. The number of carbonyl (C=O) groups is 1. The van der Waals surface area contributed by atoms with Gasteiger partial charge in [-0.3, -0.25) is 9.69 Å². The maximum atomic E-state index is 11.7. The largest absolute Gasteiger partial charge is 0.469 e. The lowest BCUT2D eigenvalue weighted by Gasteiger charge is -2.16. The number of nitrogens with zero attached hydrogens (tertiary/aromatic N) is 1. The number of aryl methyl sites for hydroxylation is 2. The van der Waals surface area contributed by atoms with Crippen LogP contribution in [0.4, 0.5) is 0 Å². The maximum absolute atomic E-state index is 11.7. The minimum atomic E-state index is -0.0737. The molecule has 1 fully saturated rings. The molecule has 0 aromatic heterocycles. The fourth-order valence-electron chi connectivity index (χ4n) is 3.07. The molecule has 1 aliphatic rings. The van der Waals surface area contributed by atoms with E-state index in [2.05, 4.69) is 43.9 Å². The van der Waals surface area contributed by atoms with E-state index in [0.29, 0.717) is 5.92 Å². The van der Waals surface area contributed by atoms with Crippen LogP contribution in [0.5, 0.6) is 0 Å². The predicted molar refractivity (Wildman–Crippen MR) is 75.9 cm³/mol. The van der Waals surface area contributed by atoms with Gasteiger partial charge >= 0.3 is 5.97 Å². The summed E-state index contributed by atoms with van der Waals surface area (Å²) in [6, 6.07) is 6.64. The lowest BCUT2D eigenvalue weighted by Crippen LogP contribution is -2.24. The molecule has 0 saturated carbocycles. The SMILES string of the molecule is COC(=O)C1CN(Cc2cc(C)cc(C)c2)CC1C. The monoisotopic (exact) mass is 261 g/mol. The Morgan fingerprint density at radius 2 is 1.89 bits per heavy atom. The van der Waals surface area contributed by atoms with Gasteiger partial charge in [-0.05, 0) is 25.3 Å².